The largest absolute Gasteiger partial charge is 0.339 e. The summed E-state index contributed by atoms with van der Waals surface area (Å²) in [6.45, 7) is 6.26. The zero-order chi connectivity index (χ0) is 16.1. The Hall–Kier alpha value is -1.88. The molecule has 2 N–H and O–H groups in total. The molecular formula is C17H25N3O2. The summed E-state index contributed by atoms with van der Waals surface area (Å²) >= 11 is 0. The highest BCUT2D eigenvalue weighted by molar-refractivity contribution is 5.94. The molecule has 1 aromatic rings. The van der Waals surface area contributed by atoms with Crippen molar-refractivity contribution < 1.29 is 9.59 Å². The van der Waals surface area contributed by atoms with Crippen LogP contribution in [0.2, 0.25) is 0 Å². The van der Waals surface area contributed by atoms with Crippen molar-refractivity contribution >= 4 is 11.8 Å². The predicted octanol–water partition coefficient (Wildman–Crippen LogP) is 1.27. The molecule has 1 heterocycles. The number of carbonyl (C=O) groups excluding carboxylic acids is 2. The summed E-state index contributed by atoms with van der Waals surface area (Å²) in [7, 11) is 0. The lowest BCUT2D eigenvalue weighted by Crippen LogP contribution is -2.51. The smallest absolute Gasteiger partial charge is 0.253 e. The monoisotopic (exact) mass is 303 g/mol. The molecule has 1 unspecified atom stereocenters. The third-order valence-electron chi connectivity index (χ3n) is 4.03. The van der Waals surface area contributed by atoms with E-state index < -0.39 is 0 Å². The molecule has 2 amide bonds. The van der Waals surface area contributed by atoms with E-state index in [4.69, 9.17) is 5.73 Å². The molecule has 0 saturated carbocycles. The maximum absolute atomic E-state index is 12.5. The molecule has 5 heteroatoms. The van der Waals surface area contributed by atoms with Crippen LogP contribution < -0.4 is 5.73 Å². The quantitative estimate of drug-likeness (QED) is 0.911. The fraction of sp³-hybridized carbons (Fsp3) is 0.529. The van der Waals surface area contributed by atoms with Crippen molar-refractivity contribution in [3.8, 4) is 0 Å². The molecule has 0 radical (unpaired) electrons. The van der Waals surface area contributed by atoms with E-state index in [0.717, 1.165) is 6.42 Å². The number of aryl methyl sites for hydroxylation is 1. The van der Waals surface area contributed by atoms with Gasteiger partial charge in [0.1, 0.15) is 0 Å². The number of rotatable bonds is 4. The Kier molecular flexibility index (Phi) is 5.55. The number of carbonyl (C=O) groups is 2. The van der Waals surface area contributed by atoms with Gasteiger partial charge in [0, 0.05) is 44.2 Å². The standard InChI is InChI=1S/C17H25N3O2/c1-3-14-4-6-15(7-5-14)17(22)20-10-8-19(9-11-20)16(21)12-13(2)18/h4-7,13H,3,8-12,18H2,1-2H3. The summed E-state index contributed by atoms with van der Waals surface area (Å²) in [5, 5.41) is 0. The van der Waals surface area contributed by atoms with E-state index in [1.54, 1.807) is 4.90 Å². The van der Waals surface area contributed by atoms with Gasteiger partial charge in [0.25, 0.3) is 5.91 Å². The molecule has 1 fully saturated rings. The minimum atomic E-state index is -0.121. The third-order valence-corrected chi connectivity index (χ3v) is 4.03. The molecule has 22 heavy (non-hydrogen) atoms. The van der Waals surface area contributed by atoms with E-state index in [1.165, 1.54) is 5.56 Å². The number of amides is 2. The van der Waals surface area contributed by atoms with Crippen LogP contribution in [0.4, 0.5) is 0 Å². The second-order valence-corrected chi connectivity index (χ2v) is 5.90. The number of nitrogens with zero attached hydrogens (tertiary/aromatic N) is 2. The second-order valence-electron chi connectivity index (χ2n) is 5.90. The molecular weight excluding hydrogens is 278 g/mol. The zero-order valence-corrected chi connectivity index (χ0v) is 13.4. The minimum Gasteiger partial charge on any atom is -0.339 e. The van der Waals surface area contributed by atoms with Gasteiger partial charge in [-0.05, 0) is 31.0 Å². The first-order chi connectivity index (χ1) is 10.5. The van der Waals surface area contributed by atoms with Crippen LogP contribution in [0.5, 0.6) is 0 Å². The fourth-order valence-electron chi connectivity index (χ4n) is 2.63. The van der Waals surface area contributed by atoms with Gasteiger partial charge >= 0.3 is 0 Å². The number of benzene rings is 1. The molecule has 0 aromatic heterocycles. The summed E-state index contributed by atoms with van der Waals surface area (Å²) in [4.78, 5) is 28.0. The molecule has 5 nitrogen and oxygen atoms in total. The van der Waals surface area contributed by atoms with Gasteiger partial charge < -0.3 is 15.5 Å². The Morgan fingerprint density at radius 1 is 1.09 bits per heavy atom. The average Bonchev–Trinajstić information content (AvgIpc) is 2.54. The van der Waals surface area contributed by atoms with E-state index in [0.29, 0.717) is 38.2 Å². The SMILES string of the molecule is CCc1ccc(C(=O)N2CCN(C(=O)CC(C)N)CC2)cc1. The molecule has 1 aliphatic rings. The predicted molar refractivity (Wildman–Crippen MR) is 86.6 cm³/mol. The van der Waals surface area contributed by atoms with Crippen molar-refractivity contribution in [2.24, 2.45) is 5.73 Å². The average molecular weight is 303 g/mol. The summed E-state index contributed by atoms with van der Waals surface area (Å²) in [5.74, 6) is 0.122. The van der Waals surface area contributed by atoms with E-state index in [9.17, 15) is 9.59 Å². The highest BCUT2D eigenvalue weighted by atomic mass is 16.2. The highest BCUT2D eigenvalue weighted by Gasteiger charge is 2.24. The molecule has 0 spiro atoms. The molecule has 1 aromatic carbocycles. The normalized spacial score (nSPS) is 16.5. The molecule has 0 bridgehead atoms. The van der Waals surface area contributed by atoms with Gasteiger partial charge in [0.15, 0.2) is 0 Å². The maximum Gasteiger partial charge on any atom is 0.253 e. The van der Waals surface area contributed by atoms with Crippen LogP contribution in [0.1, 0.15) is 36.2 Å². The minimum absolute atomic E-state index is 0.0435. The van der Waals surface area contributed by atoms with Crippen LogP contribution in [-0.4, -0.2) is 53.8 Å². The number of hydrogen-bond acceptors (Lipinski definition) is 3. The summed E-state index contributed by atoms with van der Waals surface area (Å²) < 4.78 is 0. The van der Waals surface area contributed by atoms with Gasteiger partial charge in [0.2, 0.25) is 5.91 Å². The molecule has 1 atom stereocenters. The Morgan fingerprint density at radius 2 is 1.64 bits per heavy atom. The number of hydrogen-bond donors (Lipinski definition) is 1. The number of piperazine rings is 1. The lowest BCUT2D eigenvalue weighted by Gasteiger charge is -2.35. The van der Waals surface area contributed by atoms with Gasteiger partial charge in [-0.3, -0.25) is 9.59 Å². The van der Waals surface area contributed by atoms with Crippen LogP contribution in [0.25, 0.3) is 0 Å². The maximum atomic E-state index is 12.5. The lowest BCUT2D eigenvalue weighted by atomic mass is 10.1. The van der Waals surface area contributed by atoms with Crippen molar-refractivity contribution in [2.75, 3.05) is 26.2 Å². The Labute approximate surface area is 132 Å². The van der Waals surface area contributed by atoms with Crippen LogP contribution in [0.3, 0.4) is 0 Å². The Bertz CT molecular complexity index is 517. The molecule has 120 valence electrons. The van der Waals surface area contributed by atoms with Gasteiger partial charge in [-0.1, -0.05) is 19.1 Å². The van der Waals surface area contributed by atoms with Crippen molar-refractivity contribution in [1.82, 2.24) is 9.80 Å². The molecule has 1 aliphatic heterocycles. The van der Waals surface area contributed by atoms with E-state index in [2.05, 4.69) is 6.92 Å². The fourth-order valence-corrected chi connectivity index (χ4v) is 2.63. The Morgan fingerprint density at radius 3 is 2.14 bits per heavy atom. The Balaban J connectivity index is 1.90. The van der Waals surface area contributed by atoms with Crippen molar-refractivity contribution in [3.05, 3.63) is 35.4 Å². The van der Waals surface area contributed by atoms with E-state index in [-0.39, 0.29) is 17.9 Å². The van der Waals surface area contributed by atoms with Crippen molar-refractivity contribution in [2.45, 2.75) is 32.7 Å². The van der Waals surface area contributed by atoms with Crippen molar-refractivity contribution in [1.29, 1.82) is 0 Å². The number of nitrogens with two attached hydrogens (primary N) is 1. The molecule has 0 aliphatic carbocycles. The topological polar surface area (TPSA) is 66.6 Å². The zero-order valence-electron chi connectivity index (χ0n) is 13.4. The first-order valence-corrected chi connectivity index (χ1v) is 7.92. The first kappa shape index (κ1) is 16.5. The van der Waals surface area contributed by atoms with Crippen LogP contribution in [0.15, 0.2) is 24.3 Å². The van der Waals surface area contributed by atoms with Crippen molar-refractivity contribution in [3.63, 3.8) is 0 Å². The summed E-state index contributed by atoms with van der Waals surface area (Å²) in [5.41, 5.74) is 7.60. The lowest BCUT2D eigenvalue weighted by molar-refractivity contribution is -0.132. The van der Waals surface area contributed by atoms with Gasteiger partial charge in [0.05, 0.1) is 0 Å². The summed E-state index contributed by atoms with van der Waals surface area (Å²) in [6, 6.07) is 7.64. The third kappa shape index (κ3) is 4.07. The van der Waals surface area contributed by atoms with Gasteiger partial charge in [-0.15, -0.1) is 0 Å². The van der Waals surface area contributed by atoms with Gasteiger partial charge in [-0.2, -0.15) is 0 Å². The van der Waals surface area contributed by atoms with E-state index in [1.807, 2.05) is 36.1 Å². The highest BCUT2D eigenvalue weighted by Crippen LogP contribution is 2.11. The first-order valence-electron chi connectivity index (χ1n) is 7.92. The van der Waals surface area contributed by atoms with Crippen LogP contribution in [0, 0.1) is 0 Å². The molecule has 1 saturated heterocycles. The second kappa shape index (κ2) is 7.40. The van der Waals surface area contributed by atoms with Crippen LogP contribution >= 0.6 is 0 Å². The summed E-state index contributed by atoms with van der Waals surface area (Å²) in [6.07, 6.45) is 1.33. The molecule has 2 rings (SSSR count). The van der Waals surface area contributed by atoms with Crippen LogP contribution in [-0.2, 0) is 11.2 Å². The van der Waals surface area contributed by atoms with Gasteiger partial charge in [-0.25, -0.2) is 0 Å². The van der Waals surface area contributed by atoms with E-state index >= 15 is 0 Å².